The Kier molecular flexibility index (Phi) is 3.46. The van der Waals surface area contributed by atoms with Gasteiger partial charge in [0, 0.05) is 15.7 Å². The largest absolute Gasteiger partial charge is 0.398 e. The second kappa shape index (κ2) is 5.26. The summed E-state index contributed by atoms with van der Waals surface area (Å²) in [4.78, 5) is 4.36. The zero-order chi connectivity index (χ0) is 14.1. The van der Waals surface area contributed by atoms with E-state index in [9.17, 15) is 0 Å². The van der Waals surface area contributed by atoms with Crippen LogP contribution < -0.4 is 5.73 Å². The lowest BCUT2D eigenvalue weighted by Gasteiger charge is -2.02. The number of nitrogens with two attached hydrogens (primary N) is 1. The lowest BCUT2D eigenvalue weighted by molar-refractivity contribution is 0.432. The van der Waals surface area contributed by atoms with Crippen molar-refractivity contribution in [2.75, 3.05) is 5.73 Å². The van der Waals surface area contributed by atoms with E-state index in [2.05, 4.69) is 26.1 Å². The van der Waals surface area contributed by atoms with Crippen LogP contribution >= 0.6 is 27.5 Å². The van der Waals surface area contributed by atoms with Gasteiger partial charge in [0.2, 0.25) is 5.82 Å². The average Bonchev–Trinajstić information content (AvgIpc) is 2.88. The molecule has 4 nitrogen and oxygen atoms in total. The lowest BCUT2D eigenvalue weighted by atomic mass is 10.2. The van der Waals surface area contributed by atoms with E-state index in [1.54, 1.807) is 18.2 Å². The molecule has 3 aromatic rings. The fourth-order valence-corrected chi connectivity index (χ4v) is 2.57. The van der Waals surface area contributed by atoms with E-state index < -0.39 is 0 Å². The van der Waals surface area contributed by atoms with Gasteiger partial charge in [0.25, 0.3) is 5.89 Å². The van der Waals surface area contributed by atoms with Gasteiger partial charge in [0.1, 0.15) is 0 Å². The van der Waals surface area contributed by atoms with Gasteiger partial charge in [-0.25, -0.2) is 0 Å². The molecule has 2 aromatic carbocycles. The predicted octanol–water partition coefficient (Wildman–Crippen LogP) is 4.40. The van der Waals surface area contributed by atoms with Crippen molar-refractivity contribution in [3.63, 3.8) is 0 Å². The van der Waals surface area contributed by atoms with Crippen LogP contribution in [0.5, 0.6) is 0 Å². The van der Waals surface area contributed by atoms with Gasteiger partial charge < -0.3 is 10.3 Å². The summed E-state index contributed by atoms with van der Waals surface area (Å²) in [6.07, 6.45) is 0. The summed E-state index contributed by atoms with van der Waals surface area (Å²) in [6.45, 7) is 0. The molecule has 0 bridgehead atoms. The molecule has 6 heteroatoms. The smallest absolute Gasteiger partial charge is 0.261 e. The Morgan fingerprint density at radius 2 is 1.90 bits per heavy atom. The molecule has 0 amide bonds. The molecule has 3 rings (SSSR count). The zero-order valence-corrected chi connectivity index (χ0v) is 12.5. The Balaban J connectivity index is 2.10. The number of hydrogen-bond donors (Lipinski definition) is 1. The normalized spacial score (nSPS) is 10.7. The van der Waals surface area contributed by atoms with Gasteiger partial charge in [-0.1, -0.05) is 50.9 Å². The van der Waals surface area contributed by atoms with Gasteiger partial charge in [-0.05, 0) is 24.3 Å². The quantitative estimate of drug-likeness (QED) is 0.696. The second-order valence-electron chi connectivity index (χ2n) is 4.11. The van der Waals surface area contributed by atoms with Crippen LogP contribution in [0, 0.1) is 0 Å². The first kappa shape index (κ1) is 13.1. The molecular formula is C14H9BrClN3O. The number of nitrogens with zero attached hydrogens (tertiary/aromatic N) is 2. The minimum atomic E-state index is 0.304. The first-order valence-corrected chi connectivity index (χ1v) is 6.97. The Morgan fingerprint density at radius 1 is 1.10 bits per heavy atom. The van der Waals surface area contributed by atoms with Crippen molar-refractivity contribution in [1.29, 1.82) is 0 Å². The highest BCUT2D eigenvalue weighted by molar-refractivity contribution is 9.10. The summed E-state index contributed by atoms with van der Waals surface area (Å²) in [7, 11) is 0. The van der Waals surface area contributed by atoms with Crippen LogP contribution in [0.25, 0.3) is 22.8 Å². The minimum Gasteiger partial charge on any atom is -0.398 e. The Bertz CT molecular complexity index is 752. The van der Waals surface area contributed by atoms with E-state index in [1.807, 2.05) is 24.3 Å². The van der Waals surface area contributed by atoms with Crippen LogP contribution in [0.1, 0.15) is 0 Å². The first-order valence-electron chi connectivity index (χ1n) is 5.80. The van der Waals surface area contributed by atoms with E-state index in [0.717, 1.165) is 10.0 Å². The topological polar surface area (TPSA) is 64.9 Å². The third-order valence-electron chi connectivity index (χ3n) is 2.80. The van der Waals surface area contributed by atoms with Crippen LogP contribution in [-0.2, 0) is 0 Å². The molecule has 0 aliphatic heterocycles. The average molecular weight is 351 g/mol. The SMILES string of the molecule is Nc1cccc(Cl)c1-c1nc(-c2ccccc2Br)no1. The van der Waals surface area contributed by atoms with E-state index in [0.29, 0.717) is 28.0 Å². The monoisotopic (exact) mass is 349 g/mol. The summed E-state index contributed by atoms with van der Waals surface area (Å²) in [5.41, 5.74) is 7.81. The van der Waals surface area contributed by atoms with Crippen LogP contribution in [0.3, 0.4) is 0 Å². The Labute approximate surface area is 128 Å². The van der Waals surface area contributed by atoms with Gasteiger partial charge in [-0.2, -0.15) is 4.98 Å². The summed E-state index contributed by atoms with van der Waals surface area (Å²) < 4.78 is 6.16. The van der Waals surface area contributed by atoms with Gasteiger partial charge in [0.05, 0.1) is 10.6 Å². The van der Waals surface area contributed by atoms with Crippen molar-refractivity contribution in [3.05, 3.63) is 52.0 Å². The molecule has 1 aromatic heterocycles. The number of nitrogen functional groups attached to an aromatic ring is 1. The van der Waals surface area contributed by atoms with E-state index in [1.165, 1.54) is 0 Å². The molecule has 0 spiro atoms. The summed E-state index contributed by atoms with van der Waals surface area (Å²) in [5, 5.41) is 4.45. The maximum atomic E-state index is 6.13. The van der Waals surface area contributed by atoms with Gasteiger partial charge in [0.15, 0.2) is 0 Å². The third-order valence-corrected chi connectivity index (χ3v) is 3.81. The highest BCUT2D eigenvalue weighted by atomic mass is 79.9. The number of aromatic nitrogens is 2. The molecule has 0 saturated carbocycles. The van der Waals surface area contributed by atoms with Crippen LogP contribution in [-0.4, -0.2) is 10.1 Å². The van der Waals surface area contributed by atoms with Crippen molar-refractivity contribution >= 4 is 33.2 Å². The maximum Gasteiger partial charge on any atom is 0.261 e. The standard InChI is InChI=1S/C14H9BrClN3O/c15-9-5-2-1-4-8(9)13-18-14(20-19-13)12-10(16)6-3-7-11(12)17/h1-7H,17H2. The Hall–Kier alpha value is -1.85. The fraction of sp³-hybridized carbons (Fsp3) is 0. The van der Waals surface area contributed by atoms with Gasteiger partial charge >= 0.3 is 0 Å². The van der Waals surface area contributed by atoms with Crippen molar-refractivity contribution in [1.82, 2.24) is 10.1 Å². The molecule has 0 atom stereocenters. The molecule has 0 fully saturated rings. The zero-order valence-electron chi connectivity index (χ0n) is 10.2. The number of hydrogen-bond acceptors (Lipinski definition) is 4. The number of rotatable bonds is 2. The molecule has 1 heterocycles. The molecule has 100 valence electrons. The molecular weight excluding hydrogens is 342 g/mol. The van der Waals surface area contributed by atoms with Crippen LogP contribution in [0.15, 0.2) is 51.5 Å². The molecule has 0 radical (unpaired) electrons. The van der Waals surface area contributed by atoms with E-state index in [4.69, 9.17) is 21.9 Å². The van der Waals surface area contributed by atoms with Crippen molar-refractivity contribution in [2.45, 2.75) is 0 Å². The van der Waals surface area contributed by atoms with Crippen molar-refractivity contribution in [2.24, 2.45) is 0 Å². The molecule has 2 N–H and O–H groups in total. The van der Waals surface area contributed by atoms with Crippen LogP contribution in [0.2, 0.25) is 5.02 Å². The van der Waals surface area contributed by atoms with Crippen LogP contribution in [0.4, 0.5) is 5.69 Å². The predicted molar refractivity (Wildman–Crippen MR) is 82.3 cm³/mol. The number of halogens is 2. The fourth-order valence-electron chi connectivity index (χ4n) is 1.84. The minimum absolute atomic E-state index is 0.304. The first-order chi connectivity index (χ1) is 9.66. The molecule has 0 aliphatic rings. The van der Waals surface area contributed by atoms with E-state index >= 15 is 0 Å². The highest BCUT2D eigenvalue weighted by Gasteiger charge is 2.17. The molecule has 0 aliphatic carbocycles. The van der Waals surface area contributed by atoms with Crippen molar-refractivity contribution in [3.8, 4) is 22.8 Å². The van der Waals surface area contributed by atoms with E-state index in [-0.39, 0.29) is 0 Å². The lowest BCUT2D eigenvalue weighted by Crippen LogP contribution is -1.91. The second-order valence-corrected chi connectivity index (χ2v) is 5.37. The number of benzene rings is 2. The number of anilines is 1. The summed E-state index contributed by atoms with van der Waals surface area (Å²) >= 11 is 9.59. The summed E-state index contributed by atoms with van der Waals surface area (Å²) in [5.74, 6) is 0.783. The van der Waals surface area contributed by atoms with Gasteiger partial charge in [-0.15, -0.1) is 0 Å². The molecule has 0 unspecified atom stereocenters. The molecule has 20 heavy (non-hydrogen) atoms. The molecule has 0 saturated heterocycles. The summed E-state index contributed by atoms with van der Waals surface area (Å²) in [6, 6.07) is 12.9. The maximum absolute atomic E-state index is 6.13. The van der Waals surface area contributed by atoms with Crippen molar-refractivity contribution < 1.29 is 4.52 Å². The Morgan fingerprint density at radius 3 is 2.65 bits per heavy atom. The highest BCUT2D eigenvalue weighted by Crippen LogP contribution is 2.34. The third kappa shape index (κ3) is 2.30. The van der Waals surface area contributed by atoms with Gasteiger partial charge in [-0.3, -0.25) is 0 Å².